The molecule has 3 aliphatic rings. The van der Waals surface area contributed by atoms with Gasteiger partial charge in [0.05, 0.1) is 6.10 Å². The van der Waals surface area contributed by atoms with E-state index in [2.05, 4.69) is 34.6 Å². The van der Waals surface area contributed by atoms with Crippen LogP contribution in [0.4, 0.5) is 0 Å². The molecule has 3 aliphatic carbocycles. The maximum atomic E-state index is 13.0. The number of aliphatic hydroxyl groups is 1. The highest BCUT2D eigenvalue weighted by Crippen LogP contribution is 2.67. The van der Waals surface area contributed by atoms with Crippen LogP contribution >= 0.6 is 0 Å². The zero-order valence-corrected chi connectivity index (χ0v) is 15.7. The van der Waals surface area contributed by atoms with Crippen molar-refractivity contribution >= 4 is 12.3 Å². The fraction of sp³-hybridized carbons (Fsp3) is 0.900. The van der Waals surface area contributed by atoms with Gasteiger partial charge in [0.2, 0.25) is 0 Å². The maximum Gasteiger partial charge on any atom is 0.293 e. The van der Waals surface area contributed by atoms with Gasteiger partial charge in [0.15, 0.2) is 0 Å². The summed E-state index contributed by atoms with van der Waals surface area (Å²) in [6.45, 7) is 11.2. The Morgan fingerprint density at radius 1 is 1.21 bits per heavy atom. The minimum Gasteiger partial charge on any atom is -0.464 e. The number of rotatable bonds is 2. The molecule has 0 spiro atoms. The number of ether oxygens (including phenoxy) is 1. The Bertz CT molecular complexity index is 542. The van der Waals surface area contributed by atoms with E-state index in [9.17, 15) is 14.7 Å². The Kier molecular flexibility index (Phi) is 4.14. The average Bonchev–Trinajstić information content (AvgIpc) is 2.87. The molecule has 136 valence electrons. The topological polar surface area (TPSA) is 63.6 Å². The lowest BCUT2D eigenvalue weighted by molar-refractivity contribution is -0.204. The molecule has 0 amide bonds. The number of carbonyl (C=O) groups excluding carboxylic acids is 2. The molecule has 0 aromatic rings. The summed E-state index contributed by atoms with van der Waals surface area (Å²) in [5, 5.41) is 11.1. The van der Waals surface area contributed by atoms with E-state index in [0.29, 0.717) is 31.0 Å². The van der Waals surface area contributed by atoms with Crippen molar-refractivity contribution in [2.24, 2.45) is 34.0 Å². The second-order valence-electron chi connectivity index (χ2n) is 9.59. The summed E-state index contributed by atoms with van der Waals surface area (Å²) >= 11 is 0. The molecule has 0 aromatic heterocycles. The summed E-state index contributed by atoms with van der Waals surface area (Å²) in [4.78, 5) is 24.2. The predicted molar refractivity (Wildman–Crippen MR) is 91.2 cm³/mol. The van der Waals surface area contributed by atoms with E-state index in [1.165, 1.54) is 0 Å². The van der Waals surface area contributed by atoms with Crippen LogP contribution in [-0.4, -0.2) is 29.6 Å². The Labute approximate surface area is 145 Å². The number of carbonyl (C=O) groups is 2. The normalized spacial score (nSPS) is 50.6. The highest BCUT2D eigenvalue weighted by atomic mass is 16.5. The Morgan fingerprint density at radius 3 is 2.50 bits per heavy atom. The van der Waals surface area contributed by atoms with E-state index in [1.54, 1.807) is 0 Å². The van der Waals surface area contributed by atoms with E-state index in [4.69, 9.17) is 4.74 Å². The molecule has 0 saturated heterocycles. The van der Waals surface area contributed by atoms with Crippen LogP contribution in [0.3, 0.4) is 0 Å². The molecule has 4 heteroatoms. The van der Waals surface area contributed by atoms with Crippen LogP contribution in [0.5, 0.6) is 0 Å². The molecule has 3 rings (SSSR count). The van der Waals surface area contributed by atoms with Crippen molar-refractivity contribution in [3.63, 3.8) is 0 Å². The average molecular weight is 336 g/mol. The van der Waals surface area contributed by atoms with Crippen molar-refractivity contribution in [3.05, 3.63) is 0 Å². The van der Waals surface area contributed by atoms with E-state index in [1.807, 2.05) is 0 Å². The van der Waals surface area contributed by atoms with Crippen LogP contribution in [0.25, 0.3) is 0 Å². The van der Waals surface area contributed by atoms with Crippen LogP contribution in [0.2, 0.25) is 0 Å². The first-order chi connectivity index (χ1) is 11.1. The van der Waals surface area contributed by atoms with E-state index < -0.39 is 6.10 Å². The van der Waals surface area contributed by atoms with Gasteiger partial charge in [-0.05, 0) is 48.3 Å². The molecule has 3 fully saturated rings. The lowest BCUT2D eigenvalue weighted by Crippen LogP contribution is -2.62. The minimum atomic E-state index is -0.499. The lowest BCUT2D eigenvalue weighted by Gasteiger charge is -2.61. The summed E-state index contributed by atoms with van der Waals surface area (Å²) in [5.41, 5.74) is -0.854. The van der Waals surface area contributed by atoms with Crippen LogP contribution < -0.4 is 0 Å². The fourth-order valence-corrected chi connectivity index (χ4v) is 6.57. The van der Waals surface area contributed by atoms with Gasteiger partial charge in [-0.25, -0.2) is 0 Å². The van der Waals surface area contributed by atoms with Gasteiger partial charge in [-0.3, -0.25) is 9.59 Å². The smallest absolute Gasteiger partial charge is 0.293 e. The van der Waals surface area contributed by atoms with Crippen molar-refractivity contribution in [3.8, 4) is 0 Å². The van der Waals surface area contributed by atoms with Crippen LogP contribution in [0.1, 0.15) is 66.7 Å². The Hall–Kier alpha value is -0.900. The predicted octanol–water partition coefficient (Wildman–Crippen LogP) is 3.36. The lowest BCUT2D eigenvalue weighted by atomic mass is 9.44. The van der Waals surface area contributed by atoms with E-state index in [-0.39, 0.29) is 34.2 Å². The molecule has 7 atom stereocenters. The maximum absolute atomic E-state index is 13.0. The van der Waals surface area contributed by atoms with Crippen LogP contribution in [0, 0.1) is 34.0 Å². The molecule has 0 radical (unpaired) electrons. The molecule has 2 bridgehead atoms. The van der Waals surface area contributed by atoms with Gasteiger partial charge in [0.25, 0.3) is 6.47 Å². The van der Waals surface area contributed by atoms with Crippen molar-refractivity contribution in [1.29, 1.82) is 0 Å². The van der Waals surface area contributed by atoms with Gasteiger partial charge in [-0.1, -0.05) is 34.6 Å². The largest absolute Gasteiger partial charge is 0.464 e. The first-order valence-corrected chi connectivity index (χ1v) is 9.41. The zero-order valence-electron chi connectivity index (χ0n) is 15.7. The van der Waals surface area contributed by atoms with Gasteiger partial charge in [0, 0.05) is 17.8 Å². The van der Waals surface area contributed by atoms with Crippen molar-refractivity contribution < 1.29 is 19.4 Å². The Balaban J connectivity index is 2.21. The van der Waals surface area contributed by atoms with E-state index in [0.717, 1.165) is 19.3 Å². The quantitative estimate of drug-likeness (QED) is 0.786. The third-order valence-electron chi connectivity index (χ3n) is 8.27. The molecule has 0 aromatic carbocycles. The molecule has 24 heavy (non-hydrogen) atoms. The van der Waals surface area contributed by atoms with Gasteiger partial charge in [-0.15, -0.1) is 0 Å². The van der Waals surface area contributed by atoms with Gasteiger partial charge in [0.1, 0.15) is 11.9 Å². The van der Waals surface area contributed by atoms with Crippen molar-refractivity contribution in [2.45, 2.75) is 78.9 Å². The molecule has 0 heterocycles. The second-order valence-corrected chi connectivity index (χ2v) is 9.59. The third kappa shape index (κ3) is 2.14. The summed E-state index contributed by atoms with van der Waals surface area (Å²) in [5.74, 6) is 0.593. The number of Topliss-reactive ketones (excluding diaryl/α,β-unsaturated/α-hetero) is 1. The first-order valence-electron chi connectivity index (χ1n) is 9.41. The minimum absolute atomic E-state index is 0.0768. The molecule has 4 nitrogen and oxygen atoms in total. The van der Waals surface area contributed by atoms with Gasteiger partial charge in [-0.2, -0.15) is 0 Å². The molecular formula is C20H32O4. The number of ketones is 1. The fourth-order valence-electron chi connectivity index (χ4n) is 6.57. The monoisotopic (exact) mass is 336 g/mol. The number of hydrogen-bond donors (Lipinski definition) is 1. The second kappa shape index (κ2) is 5.55. The van der Waals surface area contributed by atoms with Crippen molar-refractivity contribution in [2.75, 3.05) is 0 Å². The van der Waals surface area contributed by atoms with Crippen LogP contribution in [0.15, 0.2) is 0 Å². The molecular weight excluding hydrogens is 304 g/mol. The summed E-state index contributed by atoms with van der Waals surface area (Å²) in [6.07, 6.45) is 3.24. The first kappa shape index (κ1) is 17.9. The Morgan fingerprint density at radius 2 is 1.88 bits per heavy atom. The zero-order chi connectivity index (χ0) is 17.9. The summed E-state index contributed by atoms with van der Waals surface area (Å²) in [7, 11) is 0. The van der Waals surface area contributed by atoms with Crippen LogP contribution in [-0.2, 0) is 14.3 Å². The molecule has 0 aliphatic heterocycles. The molecule has 1 N–H and O–H groups in total. The highest BCUT2D eigenvalue weighted by Gasteiger charge is 2.67. The van der Waals surface area contributed by atoms with Gasteiger partial charge < -0.3 is 9.84 Å². The summed E-state index contributed by atoms with van der Waals surface area (Å²) in [6, 6.07) is 0. The number of hydrogen-bond acceptors (Lipinski definition) is 4. The van der Waals surface area contributed by atoms with Crippen molar-refractivity contribution in [1.82, 2.24) is 0 Å². The van der Waals surface area contributed by atoms with E-state index >= 15 is 0 Å². The number of aliphatic hydroxyl groups excluding tert-OH is 1. The third-order valence-corrected chi connectivity index (χ3v) is 8.27. The van der Waals surface area contributed by atoms with Gasteiger partial charge >= 0.3 is 0 Å². The standard InChI is InChI=1S/C20H32O4/c1-12-6-8-20-9-7-14(22)16(20)19(12,5)15(24-11-21)10-18(3,4)17(23)13(20)2/h11-13,15-17,23H,6-10H2,1-5H3/t12-,13+,15-,16+,17+,19+,20+/m1/s1. The molecule has 0 unspecified atom stereocenters. The highest BCUT2D eigenvalue weighted by molar-refractivity contribution is 5.85. The SMILES string of the molecule is C[C@@H]1CC[C@@]23CCC(=O)[C@H]2[C@]1(C)[C@H](OC=O)CC(C)(C)[C@@H](O)[C@@H]3C. The molecule has 3 saturated carbocycles. The summed E-state index contributed by atoms with van der Waals surface area (Å²) < 4.78 is 5.61.